The van der Waals surface area contributed by atoms with Gasteiger partial charge in [0.1, 0.15) is 0 Å². The Labute approximate surface area is 86.8 Å². The average Bonchev–Trinajstić information content (AvgIpc) is 2.51. The molecule has 0 spiro atoms. The summed E-state index contributed by atoms with van der Waals surface area (Å²) in [6, 6.07) is 0. The lowest BCUT2D eigenvalue weighted by molar-refractivity contribution is -0.156. The molecule has 0 saturated carbocycles. The van der Waals surface area contributed by atoms with Gasteiger partial charge in [-0.25, -0.2) is 4.68 Å². The van der Waals surface area contributed by atoms with Crippen LogP contribution in [0.1, 0.15) is 13.3 Å². The van der Waals surface area contributed by atoms with E-state index in [0.717, 1.165) is 6.42 Å². The zero-order valence-corrected chi connectivity index (χ0v) is 8.73. The predicted molar refractivity (Wildman–Crippen MR) is 51.0 cm³/mol. The summed E-state index contributed by atoms with van der Waals surface area (Å²) in [6.07, 6.45) is 0.754. The van der Waals surface area contributed by atoms with Crippen LogP contribution in [0.3, 0.4) is 0 Å². The van der Waals surface area contributed by atoms with Gasteiger partial charge < -0.3 is 4.74 Å². The van der Waals surface area contributed by atoms with Gasteiger partial charge in [-0.1, -0.05) is 12.0 Å². The average molecular weight is 211 g/mol. The molecule has 1 saturated heterocycles. The van der Waals surface area contributed by atoms with Crippen LogP contribution in [-0.2, 0) is 16.6 Å². The normalized spacial score (nSPS) is 18.3. The first-order chi connectivity index (χ1) is 7.18. The fourth-order valence-corrected chi connectivity index (χ4v) is 1.41. The lowest BCUT2D eigenvalue weighted by atomic mass is 9.82. The van der Waals surface area contributed by atoms with Crippen LogP contribution in [0, 0.1) is 5.41 Å². The number of carbonyl (C=O) groups excluding carboxylic acids is 1. The highest BCUT2D eigenvalue weighted by Gasteiger charge is 2.44. The summed E-state index contributed by atoms with van der Waals surface area (Å²) in [5.41, 5.74) is -0.397. The number of ether oxygens (including phenoxy) is 1. The number of nitrogens with zero attached hydrogens (tertiary/aromatic N) is 4. The molecule has 0 bridgehead atoms. The summed E-state index contributed by atoms with van der Waals surface area (Å²) in [7, 11) is 1.67. The van der Waals surface area contributed by atoms with Crippen LogP contribution in [0.5, 0.6) is 0 Å². The number of carbonyl (C=O) groups is 1. The summed E-state index contributed by atoms with van der Waals surface area (Å²) < 4.78 is 6.50. The maximum absolute atomic E-state index is 11.9. The highest BCUT2D eigenvalue weighted by atomic mass is 16.5. The van der Waals surface area contributed by atoms with Crippen molar-refractivity contribution in [3.8, 4) is 0 Å². The van der Waals surface area contributed by atoms with Gasteiger partial charge in [0.15, 0.2) is 0 Å². The van der Waals surface area contributed by atoms with Crippen molar-refractivity contribution in [2.45, 2.75) is 13.3 Å². The van der Waals surface area contributed by atoms with Crippen LogP contribution in [0.25, 0.3) is 0 Å². The zero-order chi connectivity index (χ0) is 10.9. The smallest absolute Gasteiger partial charge is 0.249 e. The lowest BCUT2D eigenvalue weighted by Crippen LogP contribution is -2.51. The number of aromatic nitrogens is 4. The molecule has 15 heavy (non-hydrogen) atoms. The quantitative estimate of drug-likeness (QED) is 0.734. The zero-order valence-electron chi connectivity index (χ0n) is 8.73. The molecular weight excluding hydrogens is 198 g/mol. The first kappa shape index (κ1) is 10.0. The fourth-order valence-electron chi connectivity index (χ4n) is 1.41. The van der Waals surface area contributed by atoms with E-state index in [1.807, 2.05) is 6.92 Å². The van der Waals surface area contributed by atoms with Gasteiger partial charge in [-0.2, -0.15) is 0 Å². The Bertz CT molecular complexity index is 365. The molecule has 82 valence electrons. The van der Waals surface area contributed by atoms with Gasteiger partial charge in [-0.3, -0.25) is 10.1 Å². The van der Waals surface area contributed by atoms with Crippen LogP contribution >= 0.6 is 0 Å². The monoisotopic (exact) mass is 211 g/mol. The molecule has 0 radical (unpaired) electrons. The number of aryl methyl sites for hydroxylation is 1. The first-order valence-electron chi connectivity index (χ1n) is 4.79. The number of tetrazole rings is 1. The predicted octanol–water partition coefficient (Wildman–Crippen LogP) is -0.425. The van der Waals surface area contributed by atoms with Gasteiger partial charge in [-0.05, 0) is 16.8 Å². The van der Waals surface area contributed by atoms with Crippen LogP contribution in [-0.4, -0.2) is 39.3 Å². The Morgan fingerprint density at radius 1 is 1.67 bits per heavy atom. The Hall–Kier alpha value is -1.50. The number of amides is 1. The molecule has 0 aliphatic carbocycles. The van der Waals surface area contributed by atoms with Gasteiger partial charge in [0.05, 0.1) is 18.6 Å². The molecule has 2 rings (SSSR count). The number of nitrogens with one attached hydrogen (secondary N) is 1. The molecule has 7 heteroatoms. The highest BCUT2D eigenvalue weighted by molar-refractivity contribution is 5.94. The van der Waals surface area contributed by atoms with Crippen molar-refractivity contribution in [1.29, 1.82) is 0 Å². The van der Waals surface area contributed by atoms with Gasteiger partial charge in [0.25, 0.3) is 0 Å². The van der Waals surface area contributed by atoms with Crippen molar-refractivity contribution in [3.63, 3.8) is 0 Å². The molecule has 1 amide bonds. The third-order valence-corrected chi connectivity index (χ3v) is 2.76. The van der Waals surface area contributed by atoms with E-state index >= 15 is 0 Å². The summed E-state index contributed by atoms with van der Waals surface area (Å²) in [5, 5.41) is 13.5. The third kappa shape index (κ3) is 1.58. The minimum atomic E-state index is -0.397. The summed E-state index contributed by atoms with van der Waals surface area (Å²) >= 11 is 0. The van der Waals surface area contributed by atoms with Crippen LogP contribution in [0.4, 0.5) is 5.95 Å². The number of hydrogen-bond donors (Lipinski definition) is 1. The molecule has 1 fully saturated rings. The van der Waals surface area contributed by atoms with E-state index < -0.39 is 5.41 Å². The van der Waals surface area contributed by atoms with Crippen molar-refractivity contribution in [3.05, 3.63) is 0 Å². The van der Waals surface area contributed by atoms with E-state index in [-0.39, 0.29) is 5.91 Å². The van der Waals surface area contributed by atoms with E-state index in [0.29, 0.717) is 19.2 Å². The second-order valence-electron chi connectivity index (χ2n) is 3.71. The van der Waals surface area contributed by atoms with Crippen LogP contribution in [0.2, 0.25) is 0 Å². The molecule has 0 atom stereocenters. The lowest BCUT2D eigenvalue weighted by Gasteiger charge is -2.38. The Balaban J connectivity index is 2.07. The molecular formula is C8H13N5O2. The second-order valence-corrected chi connectivity index (χ2v) is 3.71. The van der Waals surface area contributed by atoms with E-state index in [4.69, 9.17) is 4.74 Å². The third-order valence-electron chi connectivity index (χ3n) is 2.76. The standard InChI is InChI=1S/C8H13N5O2/c1-3-8(4-15-5-8)6(14)9-7-10-11-12-13(7)2/h3-5H2,1-2H3,(H,9,10,12,14). The Kier molecular flexibility index (Phi) is 2.39. The van der Waals surface area contributed by atoms with E-state index in [1.54, 1.807) is 7.05 Å². The molecule has 1 aliphatic rings. The highest BCUT2D eigenvalue weighted by Crippen LogP contribution is 2.32. The van der Waals surface area contributed by atoms with E-state index in [9.17, 15) is 4.79 Å². The minimum Gasteiger partial charge on any atom is -0.379 e. The number of anilines is 1. The SMILES string of the molecule is CCC1(C(=O)Nc2nnnn2C)COC1. The van der Waals surface area contributed by atoms with Gasteiger partial charge in [0.2, 0.25) is 11.9 Å². The molecule has 7 nitrogen and oxygen atoms in total. The maximum atomic E-state index is 11.9. The van der Waals surface area contributed by atoms with Gasteiger partial charge in [0, 0.05) is 7.05 Å². The summed E-state index contributed by atoms with van der Waals surface area (Å²) in [5.74, 6) is 0.286. The molecule has 1 aromatic heterocycles. The first-order valence-corrected chi connectivity index (χ1v) is 4.79. The molecule has 1 aliphatic heterocycles. The van der Waals surface area contributed by atoms with Crippen molar-refractivity contribution in [2.75, 3.05) is 18.5 Å². The van der Waals surface area contributed by atoms with Crippen molar-refractivity contribution < 1.29 is 9.53 Å². The van der Waals surface area contributed by atoms with E-state index in [1.165, 1.54) is 4.68 Å². The van der Waals surface area contributed by atoms with Crippen molar-refractivity contribution in [1.82, 2.24) is 20.2 Å². The largest absolute Gasteiger partial charge is 0.379 e. The maximum Gasteiger partial charge on any atom is 0.249 e. The Morgan fingerprint density at radius 2 is 2.40 bits per heavy atom. The van der Waals surface area contributed by atoms with Gasteiger partial charge in [-0.15, -0.1) is 0 Å². The summed E-state index contributed by atoms with van der Waals surface area (Å²) in [4.78, 5) is 11.9. The van der Waals surface area contributed by atoms with Gasteiger partial charge >= 0.3 is 0 Å². The molecule has 0 aromatic carbocycles. The summed E-state index contributed by atoms with van der Waals surface area (Å²) in [6.45, 7) is 2.91. The van der Waals surface area contributed by atoms with Crippen LogP contribution in [0.15, 0.2) is 0 Å². The van der Waals surface area contributed by atoms with Crippen LogP contribution < -0.4 is 5.32 Å². The Morgan fingerprint density at radius 3 is 2.80 bits per heavy atom. The van der Waals surface area contributed by atoms with Crippen molar-refractivity contribution in [2.24, 2.45) is 12.5 Å². The number of hydrogen-bond acceptors (Lipinski definition) is 5. The van der Waals surface area contributed by atoms with E-state index in [2.05, 4.69) is 20.8 Å². The minimum absolute atomic E-state index is 0.0749. The van der Waals surface area contributed by atoms with Crippen molar-refractivity contribution >= 4 is 11.9 Å². The fraction of sp³-hybridized carbons (Fsp3) is 0.750. The molecule has 1 aromatic rings. The molecule has 0 unspecified atom stereocenters. The molecule has 1 N–H and O–H groups in total. The second kappa shape index (κ2) is 3.58. The molecule has 2 heterocycles. The number of rotatable bonds is 3. The topological polar surface area (TPSA) is 81.9 Å².